The molecule has 2 atom stereocenters. The van der Waals surface area contributed by atoms with Crippen LogP contribution in [0.1, 0.15) is 32.6 Å². The summed E-state index contributed by atoms with van der Waals surface area (Å²) in [6.07, 6.45) is 4.63. The second-order valence-electron chi connectivity index (χ2n) is 3.14. The SMILES string of the molecule is CCCC1CCC(C(=O)OC)S1. The van der Waals surface area contributed by atoms with Crippen LogP contribution in [-0.4, -0.2) is 23.6 Å². The first kappa shape index (κ1) is 9.90. The number of carbonyl (C=O) groups excluding carboxylic acids is 1. The smallest absolute Gasteiger partial charge is 0.318 e. The maximum Gasteiger partial charge on any atom is 0.318 e. The number of hydrogen-bond acceptors (Lipinski definition) is 3. The fourth-order valence-electron chi connectivity index (χ4n) is 1.54. The lowest BCUT2D eigenvalue weighted by Crippen LogP contribution is -2.15. The molecule has 0 N–H and O–H groups in total. The highest BCUT2D eigenvalue weighted by Gasteiger charge is 2.30. The van der Waals surface area contributed by atoms with E-state index < -0.39 is 0 Å². The average molecular weight is 188 g/mol. The van der Waals surface area contributed by atoms with Gasteiger partial charge in [0.1, 0.15) is 5.25 Å². The molecule has 1 fully saturated rings. The lowest BCUT2D eigenvalue weighted by atomic mass is 10.1. The van der Waals surface area contributed by atoms with E-state index in [1.54, 1.807) is 11.8 Å². The molecule has 0 aromatic carbocycles. The van der Waals surface area contributed by atoms with E-state index in [0.29, 0.717) is 5.25 Å². The van der Waals surface area contributed by atoms with Crippen molar-refractivity contribution in [3.63, 3.8) is 0 Å². The topological polar surface area (TPSA) is 26.3 Å². The summed E-state index contributed by atoms with van der Waals surface area (Å²) in [5.74, 6) is -0.0430. The Morgan fingerprint density at radius 2 is 2.33 bits per heavy atom. The number of thioether (sulfide) groups is 1. The molecule has 0 radical (unpaired) electrons. The zero-order chi connectivity index (χ0) is 8.97. The highest BCUT2D eigenvalue weighted by atomic mass is 32.2. The standard InChI is InChI=1S/C9H16O2S/c1-3-4-7-5-6-8(12-7)9(10)11-2/h7-8H,3-6H2,1-2H3. The van der Waals surface area contributed by atoms with E-state index in [2.05, 4.69) is 6.92 Å². The van der Waals surface area contributed by atoms with Crippen LogP contribution in [-0.2, 0) is 9.53 Å². The first-order valence-electron chi connectivity index (χ1n) is 4.51. The van der Waals surface area contributed by atoms with Gasteiger partial charge in [-0.3, -0.25) is 4.79 Å². The fourth-order valence-corrected chi connectivity index (χ4v) is 3.13. The third-order valence-corrected chi connectivity index (χ3v) is 3.80. The van der Waals surface area contributed by atoms with Crippen molar-refractivity contribution >= 4 is 17.7 Å². The van der Waals surface area contributed by atoms with Crippen molar-refractivity contribution < 1.29 is 9.53 Å². The van der Waals surface area contributed by atoms with Gasteiger partial charge in [0.05, 0.1) is 7.11 Å². The largest absolute Gasteiger partial charge is 0.468 e. The molecule has 1 aliphatic rings. The predicted octanol–water partition coefficient (Wildman–Crippen LogP) is 2.22. The van der Waals surface area contributed by atoms with Crippen LogP contribution in [0.25, 0.3) is 0 Å². The predicted molar refractivity (Wildman–Crippen MR) is 51.3 cm³/mol. The van der Waals surface area contributed by atoms with Gasteiger partial charge in [-0.2, -0.15) is 0 Å². The van der Waals surface area contributed by atoms with E-state index >= 15 is 0 Å². The van der Waals surface area contributed by atoms with Crippen molar-refractivity contribution in [2.75, 3.05) is 7.11 Å². The highest BCUT2D eigenvalue weighted by Crippen LogP contribution is 2.36. The summed E-state index contributed by atoms with van der Waals surface area (Å²) in [6, 6.07) is 0. The molecule has 0 aromatic rings. The molecule has 2 nitrogen and oxygen atoms in total. The van der Waals surface area contributed by atoms with Crippen LogP contribution in [0.3, 0.4) is 0 Å². The molecule has 0 saturated carbocycles. The van der Waals surface area contributed by atoms with E-state index in [4.69, 9.17) is 4.74 Å². The summed E-state index contributed by atoms with van der Waals surface area (Å²) < 4.78 is 4.70. The van der Waals surface area contributed by atoms with E-state index in [1.807, 2.05) is 0 Å². The molecule has 1 heterocycles. The number of ether oxygens (including phenoxy) is 1. The third kappa shape index (κ3) is 2.41. The Morgan fingerprint density at radius 1 is 1.58 bits per heavy atom. The number of carbonyl (C=O) groups is 1. The number of hydrogen-bond donors (Lipinski definition) is 0. The Morgan fingerprint density at radius 3 is 2.92 bits per heavy atom. The summed E-state index contributed by atoms with van der Waals surface area (Å²) in [6.45, 7) is 2.19. The molecule has 0 bridgehead atoms. The van der Waals surface area contributed by atoms with Crippen LogP contribution in [0.4, 0.5) is 0 Å². The highest BCUT2D eigenvalue weighted by molar-refractivity contribution is 8.01. The first-order valence-corrected chi connectivity index (χ1v) is 5.45. The van der Waals surface area contributed by atoms with Crippen LogP contribution in [0.15, 0.2) is 0 Å². The Bertz CT molecular complexity index is 159. The summed E-state index contributed by atoms with van der Waals surface area (Å²) in [4.78, 5) is 11.1. The molecule has 70 valence electrons. The van der Waals surface area contributed by atoms with Crippen molar-refractivity contribution in [2.45, 2.75) is 43.1 Å². The molecular formula is C9H16O2S. The van der Waals surface area contributed by atoms with Gasteiger partial charge < -0.3 is 4.74 Å². The lowest BCUT2D eigenvalue weighted by Gasteiger charge is -2.07. The molecule has 2 unspecified atom stereocenters. The minimum absolute atomic E-state index is 0.0430. The van der Waals surface area contributed by atoms with Crippen molar-refractivity contribution in [1.82, 2.24) is 0 Å². The summed E-state index contributed by atoms with van der Waals surface area (Å²) >= 11 is 1.79. The van der Waals surface area contributed by atoms with Gasteiger partial charge in [-0.15, -0.1) is 11.8 Å². The summed E-state index contributed by atoms with van der Waals surface area (Å²) in [5.41, 5.74) is 0. The minimum Gasteiger partial charge on any atom is -0.468 e. The van der Waals surface area contributed by atoms with Crippen molar-refractivity contribution in [1.29, 1.82) is 0 Å². The second kappa shape index (κ2) is 4.75. The number of esters is 1. The minimum atomic E-state index is -0.0430. The van der Waals surface area contributed by atoms with Crippen molar-refractivity contribution in [3.05, 3.63) is 0 Å². The fraction of sp³-hybridized carbons (Fsp3) is 0.889. The van der Waals surface area contributed by atoms with Crippen LogP contribution in [0.2, 0.25) is 0 Å². The molecule has 0 amide bonds. The van der Waals surface area contributed by atoms with E-state index in [0.717, 1.165) is 6.42 Å². The third-order valence-electron chi connectivity index (χ3n) is 2.18. The number of methoxy groups -OCH3 is 1. The Kier molecular flexibility index (Phi) is 3.92. The van der Waals surface area contributed by atoms with Gasteiger partial charge in [0.2, 0.25) is 0 Å². The zero-order valence-electron chi connectivity index (χ0n) is 7.71. The van der Waals surface area contributed by atoms with Crippen LogP contribution < -0.4 is 0 Å². The van der Waals surface area contributed by atoms with Crippen LogP contribution in [0, 0.1) is 0 Å². The molecule has 1 rings (SSSR count). The summed E-state index contributed by atoms with van der Waals surface area (Å²) in [5, 5.41) is 0.811. The lowest BCUT2D eigenvalue weighted by molar-refractivity contribution is -0.139. The number of rotatable bonds is 3. The monoisotopic (exact) mass is 188 g/mol. The van der Waals surface area contributed by atoms with Gasteiger partial charge in [0.25, 0.3) is 0 Å². The Balaban J connectivity index is 2.30. The van der Waals surface area contributed by atoms with Gasteiger partial charge in [-0.1, -0.05) is 13.3 Å². The van der Waals surface area contributed by atoms with Gasteiger partial charge in [-0.25, -0.2) is 0 Å². The maximum atomic E-state index is 11.1. The van der Waals surface area contributed by atoms with Crippen LogP contribution in [0.5, 0.6) is 0 Å². The van der Waals surface area contributed by atoms with E-state index in [-0.39, 0.29) is 11.2 Å². The van der Waals surface area contributed by atoms with Crippen LogP contribution >= 0.6 is 11.8 Å². The summed E-state index contributed by atoms with van der Waals surface area (Å²) in [7, 11) is 1.47. The first-order chi connectivity index (χ1) is 5.77. The molecule has 3 heteroatoms. The normalized spacial score (nSPS) is 28.8. The molecule has 1 saturated heterocycles. The Hall–Kier alpha value is -0.180. The maximum absolute atomic E-state index is 11.1. The van der Waals surface area contributed by atoms with E-state index in [1.165, 1.54) is 26.4 Å². The quantitative estimate of drug-likeness (QED) is 0.635. The average Bonchev–Trinajstić information content (AvgIpc) is 2.52. The molecule has 0 aliphatic carbocycles. The van der Waals surface area contributed by atoms with Gasteiger partial charge in [0, 0.05) is 5.25 Å². The second-order valence-corrected chi connectivity index (χ2v) is 4.64. The van der Waals surface area contributed by atoms with Crippen molar-refractivity contribution in [3.8, 4) is 0 Å². The molecule has 12 heavy (non-hydrogen) atoms. The Labute approximate surface area is 78.1 Å². The van der Waals surface area contributed by atoms with Gasteiger partial charge in [-0.05, 0) is 19.3 Å². The molecule has 0 aromatic heterocycles. The van der Waals surface area contributed by atoms with E-state index in [9.17, 15) is 4.79 Å². The molecular weight excluding hydrogens is 172 g/mol. The van der Waals surface area contributed by atoms with Gasteiger partial charge in [0.15, 0.2) is 0 Å². The zero-order valence-corrected chi connectivity index (χ0v) is 8.52. The molecule has 1 aliphatic heterocycles. The van der Waals surface area contributed by atoms with Gasteiger partial charge >= 0.3 is 5.97 Å². The van der Waals surface area contributed by atoms with Crippen molar-refractivity contribution in [2.24, 2.45) is 0 Å². The molecule has 0 spiro atoms.